The van der Waals surface area contributed by atoms with Crippen molar-refractivity contribution in [1.82, 2.24) is 5.32 Å². The summed E-state index contributed by atoms with van der Waals surface area (Å²) in [6.07, 6.45) is -0.800. The predicted molar refractivity (Wildman–Crippen MR) is 128 cm³/mol. The van der Waals surface area contributed by atoms with Gasteiger partial charge < -0.3 is 24.8 Å². The van der Waals surface area contributed by atoms with Crippen LogP contribution in [0.4, 0.5) is 10.5 Å². The van der Waals surface area contributed by atoms with Crippen molar-refractivity contribution in [3.63, 3.8) is 0 Å². The summed E-state index contributed by atoms with van der Waals surface area (Å²) in [7, 11) is 1.48. The highest BCUT2D eigenvalue weighted by Crippen LogP contribution is 2.24. The smallest absolute Gasteiger partial charge is 0.496 e. The van der Waals surface area contributed by atoms with Gasteiger partial charge in [-0.05, 0) is 67.1 Å². The molecule has 34 heavy (non-hydrogen) atoms. The topological polar surface area (TPSA) is 103 Å². The highest BCUT2D eigenvalue weighted by molar-refractivity contribution is 6.31. The third kappa shape index (κ3) is 6.73. The van der Waals surface area contributed by atoms with Crippen molar-refractivity contribution in [2.24, 2.45) is 0 Å². The van der Waals surface area contributed by atoms with Gasteiger partial charge in [0, 0.05) is 22.8 Å². The molecule has 176 valence electrons. The normalized spacial score (nSPS) is 10.2. The summed E-state index contributed by atoms with van der Waals surface area (Å²) in [5, 5.41) is 6.04. The molecule has 0 saturated carbocycles. The molecule has 9 heteroatoms. The molecule has 2 amide bonds. The second-order valence-electron chi connectivity index (χ2n) is 6.99. The van der Waals surface area contributed by atoms with Gasteiger partial charge in [0.05, 0.1) is 19.3 Å². The molecule has 0 saturated heterocycles. The molecule has 0 bridgehead atoms. The van der Waals surface area contributed by atoms with E-state index >= 15 is 0 Å². The van der Waals surface area contributed by atoms with Gasteiger partial charge in [-0.25, -0.2) is 4.79 Å². The first-order chi connectivity index (χ1) is 16.4. The third-order valence-electron chi connectivity index (χ3n) is 4.65. The number of rotatable bonds is 8. The van der Waals surface area contributed by atoms with E-state index in [9.17, 15) is 14.4 Å². The average Bonchev–Trinajstić information content (AvgIpc) is 2.84. The van der Waals surface area contributed by atoms with E-state index in [2.05, 4.69) is 10.6 Å². The zero-order valence-electron chi connectivity index (χ0n) is 18.6. The number of benzene rings is 3. The summed E-state index contributed by atoms with van der Waals surface area (Å²) in [4.78, 5) is 36.3. The van der Waals surface area contributed by atoms with Crippen LogP contribution < -0.4 is 20.1 Å². The number of hydrogen-bond acceptors (Lipinski definition) is 6. The van der Waals surface area contributed by atoms with E-state index in [-0.39, 0.29) is 30.7 Å². The van der Waals surface area contributed by atoms with Crippen LogP contribution in [-0.2, 0) is 11.3 Å². The first kappa shape index (κ1) is 24.6. The van der Waals surface area contributed by atoms with E-state index in [1.807, 2.05) is 0 Å². The Balaban J connectivity index is 1.54. The van der Waals surface area contributed by atoms with E-state index in [0.29, 0.717) is 27.6 Å². The summed E-state index contributed by atoms with van der Waals surface area (Å²) in [5.41, 5.74) is 2.16. The van der Waals surface area contributed by atoms with Gasteiger partial charge in [0.2, 0.25) is 0 Å². The number of hydrogen-bond donors (Lipinski definition) is 2. The fourth-order valence-corrected chi connectivity index (χ4v) is 3.14. The second kappa shape index (κ2) is 11.7. The van der Waals surface area contributed by atoms with Gasteiger partial charge in [0.1, 0.15) is 11.5 Å². The number of ether oxygens (including phenoxy) is 3. The molecule has 2 N–H and O–H groups in total. The van der Waals surface area contributed by atoms with Crippen LogP contribution in [0.5, 0.6) is 11.5 Å². The Bertz CT molecular complexity index is 1160. The molecule has 8 nitrogen and oxygen atoms in total. The molecule has 3 aromatic carbocycles. The third-order valence-corrected chi connectivity index (χ3v) is 4.89. The van der Waals surface area contributed by atoms with Crippen LogP contribution in [0.3, 0.4) is 0 Å². The quantitative estimate of drug-likeness (QED) is 0.343. The summed E-state index contributed by atoms with van der Waals surface area (Å²) in [5.74, 6) is 0.0636. The highest BCUT2D eigenvalue weighted by atomic mass is 35.5. The largest absolute Gasteiger partial charge is 0.513 e. The lowest BCUT2D eigenvalue weighted by atomic mass is 10.1. The molecule has 0 heterocycles. The van der Waals surface area contributed by atoms with E-state index in [1.165, 1.54) is 25.3 Å². The SMILES string of the molecule is CCOC(=O)Oc1ccc(C(=O)NCc2ccc(NC(=O)c3cc(Cl)ccc3OC)cc2)cc1. The van der Waals surface area contributed by atoms with Crippen LogP contribution in [0, 0.1) is 0 Å². The average molecular weight is 483 g/mol. The first-order valence-electron chi connectivity index (χ1n) is 10.4. The van der Waals surface area contributed by atoms with E-state index < -0.39 is 6.16 Å². The summed E-state index contributed by atoms with van der Waals surface area (Å²) >= 11 is 5.99. The summed E-state index contributed by atoms with van der Waals surface area (Å²) in [6.45, 7) is 2.18. The van der Waals surface area contributed by atoms with Gasteiger partial charge in [-0.3, -0.25) is 9.59 Å². The molecule has 0 aliphatic heterocycles. The van der Waals surface area contributed by atoms with Gasteiger partial charge in [0.15, 0.2) is 0 Å². The Morgan fingerprint density at radius 1 is 0.912 bits per heavy atom. The van der Waals surface area contributed by atoms with Crippen LogP contribution in [-0.4, -0.2) is 31.7 Å². The lowest BCUT2D eigenvalue weighted by molar-refractivity contribution is 0.0950. The molecule has 0 aliphatic carbocycles. The molecule has 0 unspecified atom stereocenters. The Kier molecular flexibility index (Phi) is 8.48. The molecule has 0 atom stereocenters. The van der Waals surface area contributed by atoms with Gasteiger partial charge >= 0.3 is 6.16 Å². The van der Waals surface area contributed by atoms with Crippen molar-refractivity contribution in [2.75, 3.05) is 19.0 Å². The summed E-state index contributed by atoms with van der Waals surface area (Å²) < 4.78 is 14.9. The Hall–Kier alpha value is -4.04. The number of nitrogens with one attached hydrogen (secondary N) is 2. The second-order valence-corrected chi connectivity index (χ2v) is 7.42. The lowest BCUT2D eigenvalue weighted by Crippen LogP contribution is -2.22. The Labute approximate surface area is 201 Å². The number of amides is 2. The Morgan fingerprint density at radius 2 is 1.62 bits per heavy atom. The standard InChI is InChI=1S/C25H23ClN2O6/c1-3-33-25(31)34-20-11-6-17(7-12-20)23(29)27-15-16-4-9-19(10-5-16)28-24(30)21-14-18(26)8-13-22(21)32-2/h4-14H,3,15H2,1-2H3,(H,27,29)(H,28,30). The maximum absolute atomic E-state index is 12.6. The van der Waals surface area contributed by atoms with Gasteiger partial charge in [-0.1, -0.05) is 23.7 Å². The van der Waals surface area contributed by atoms with Crippen LogP contribution in [0.2, 0.25) is 5.02 Å². The van der Waals surface area contributed by atoms with E-state index in [1.54, 1.807) is 55.5 Å². The fraction of sp³-hybridized carbons (Fsp3) is 0.160. The Morgan fingerprint density at radius 3 is 2.26 bits per heavy atom. The van der Waals surface area contributed by atoms with Crippen LogP contribution >= 0.6 is 11.6 Å². The first-order valence-corrected chi connectivity index (χ1v) is 10.7. The van der Waals surface area contributed by atoms with Gasteiger partial charge in [-0.2, -0.15) is 0 Å². The molecule has 3 rings (SSSR count). The zero-order valence-corrected chi connectivity index (χ0v) is 19.3. The number of halogens is 1. The zero-order chi connectivity index (χ0) is 24.5. The molecule has 0 radical (unpaired) electrons. The van der Waals surface area contributed by atoms with Crippen LogP contribution in [0.1, 0.15) is 33.2 Å². The van der Waals surface area contributed by atoms with E-state index in [4.69, 9.17) is 25.8 Å². The monoisotopic (exact) mass is 482 g/mol. The minimum atomic E-state index is -0.800. The van der Waals surface area contributed by atoms with Crippen molar-refractivity contribution in [2.45, 2.75) is 13.5 Å². The lowest BCUT2D eigenvalue weighted by Gasteiger charge is -2.11. The molecule has 0 spiro atoms. The molecule has 0 aromatic heterocycles. The molecular formula is C25H23ClN2O6. The van der Waals surface area contributed by atoms with Gasteiger partial charge in [-0.15, -0.1) is 0 Å². The van der Waals surface area contributed by atoms with Crippen molar-refractivity contribution < 1.29 is 28.6 Å². The van der Waals surface area contributed by atoms with Crippen LogP contribution in [0.25, 0.3) is 0 Å². The van der Waals surface area contributed by atoms with Gasteiger partial charge in [0.25, 0.3) is 11.8 Å². The van der Waals surface area contributed by atoms with Crippen molar-refractivity contribution >= 4 is 35.3 Å². The van der Waals surface area contributed by atoms with E-state index in [0.717, 1.165) is 5.56 Å². The maximum Gasteiger partial charge on any atom is 0.513 e. The number of anilines is 1. The molecular weight excluding hydrogens is 460 g/mol. The minimum absolute atomic E-state index is 0.212. The number of methoxy groups -OCH3 is 1. The van der Waals surface area contributed by atoms with Crippen LogP contribution in [0.15, 0.2) is 66.7 Å². The highest BCUT2D eigenvalue weighted by Gasteiger charge is 2.13. The molecule has 3 aromatic rings. The van der Waals surface area contributed by atoms with Crippen molar-refractivity contribution in [1.29, 1.82) is 0 Å². The molecule has 0 aliphatic rings. The molecule has 0 fully saturated rings. The summed E-state index contributed by atoms with van der Waals surface area (Å²) in [6, 6.07) is 18.0. The van der Waals surface area contributed by atoms with Crippen molar-refractivity contribution in [3.8, 4) is 11.5 Å². The minimum Gasteiger partial charge on any atom is -0.496 e. The number of carbonyl (C=O) groups excluding carboxylic acids is 3. The van der Waals surface area contributed by atoms with Crippen molar-refractivity contribution in [3.05, 3.63) is 88.4 Å². The maximum atomic E-state index is 12.6. The predicted octanol–water partition coefficient (Wildman–Crippen LogP) is 5.07. The number of carbonyl (C=O) groups is 3. The fourth-order valence-electron chi connectivity index (χ4n) is 2.96.